The maximum absolute atomic E-state index is 3.84. The minimum absolute atomic E-state index is 0.228. The van der Waals surface area contributed by atoms with E-state index in [1.807, 2.05) is 0 Å². The minimum atomic E-state index is 0.228. The summed E-state index contributed by atoms with van der Waals surface area (Å²) in [5.74, 6) is 0.737. The van der Waals surface area contributed by atoms with Crippen molar-refractivity contribution in [2.75, 3.05) is 6.54 Å². The molecule has 0 bridgehead atoms. The van der Waals surface area contributed by atoms with Crippen molar-refractivity contribution in [3.05, 3.63) is 35.9 Å². The molecule has 1 saturated heterocycles. The van der Waals surface area contributed by atoms with E-state index >= 15 is 0 Å². The first kappa shape index (κ1) is 12.6. The second-order valence-corrected chi connectivity index (χ2v) is 5.78. The average molecular weight is 231 g/mol. The molecule has 2 rings (SSSR count). The van der Waals surface area contributed by atoms with Gasteiger partial charge in [0.2, 0.25) is 0 Å². The van der Waals surface area contributed by atoms with Crippen LogP contribution in [0.2, 0.25) is 0 Å². The summed E-state index contributed by atoms with van der Waals surface area (Å²) in [5, 5.41) is 3.84. The van der Waals surface area contributed by atoms with Gasteiger partial charge in [-0.25, -0.2) is 0 Å². The highest BCUT2D eigenvalue weighted by atomic mass is 15.0. The van der Waals surface area contributed by atoms with Crippen LogP contribution in [-0.2, 0) is 5.54 Å². The molecule has 1 heteroatoms. The van der Waals surface area contributed by atoms with Crippen LogP contribution in [-0.4, -0.2) is 6.54 Å². The molecule has 0 saturated carbocycles. The molecule has 0 aromatic heterocycles. The molecule has 17 heavy (non-hydrogen) atoms. The lowest BCUT2D eigenvalue weighted by Gasteiger charge is -2.36. The van der Waals surface area contributed by atoms with Crippen molar-refractivity contribution in [3.8, 4) is 0 Å². The van der Waals surface area contributed by atoms with E-state index in [0.717, 1.165) is 5.92 Å². The Hall–Kier alpha value is -0.820. The molecular formula is C16H25N. The van der Waals surface area contributed by atoms with Crippen LogP contribution in [0, 0.1) is 5.92 Å². The lowest BCUT2D eigenvalue weighted by atomic mass is 9.79. The number of nitrogens with one attached hydrogen (secondary N) is 1. The van der Waals surface area contributed by atoms with Crippen molar-refractivity contribution in [3.63, 3.8) is 0 Å². The van der Waals surface area contributed by atoms with Gasteiger partial charge in [-0.15, -0.1) is 0 Å². The van der Waals surface area contributed by atoms with E-state index in [-0.39, 0.29) is 5.54 Å². The lowest BCUT2D eigenvalue weighted by molar-refractivity contribution is 0.263. The van der Waals surface area contributed by atoms with E-state index in [4.69, 9.17) is 0 Å². The van der Waals surface area contributed by atoms with Gasteiger partial charge in [0.05, 0.1) is 0 Å². The number of hydrogen-bond acceptors (Lipinski definition) is 1. The Morgan fingerprint density at radius 2 is 1.88 bits per heavy atom. The van der Waals surface area contributed by atoms with Gasteiger partial charge in [0.15, 0.2) is 0 Å². The molecule has 1 heterocycles. The van der Waals surface area contributed by atoms with Gasteiger partial charge in [0.1, 0.15) is 0 Å². The Morgan fingerprint density at radius 3 is 2.59 bits per heavy atom. The van der Waals surface area contributed by atoms with Gasteiger partial charge in [-0.3, -0.25) is 0 Å². The maximum Gasteiger partial charge on any atom is 0.0437 e. The van der Waals surface area contributed by atoms with Crippen LogP contribution in [0.4, 0.5) is 0 Å². The van der Waals surface area contributed by atoms with Crippen molar-refractivity contribution in [2.45, 2.75) is 51.5 Å². The molecule has 0 radical (unpaired) electrons. The summed E-state index contributed by atoms with van der Waals surface area (Å²) in [5.41, 5.74) is 1.71. The van der Waals surface area contributed by atoms with Gasteiger partial charge < -0.3 is 5.32 Å². The Kier molecular flexibility index (Phi) is 4.22. The van der Waals surface area contributed by atoms with Crippen molar-refractivity contribution < 1.29 is 0 Å². The molecule has 0 aliphatic carbocycles. The molecule has 0 spiro atoms. The molecule has 1 aliphatic rings. The van der Waals surface area contributed by atoms with Crippen LogP contribution in [0.25, 0.3) is 0 Å². The first-order valence-electron chi connectivity index (χ1n) is 7.03. The molecule has 1 aromatic rings. The van der Waals surface area contributed by atoms with E-state index in [2.05, 4.69) is 49.5 Å². The van der Waals surface area contributed by atoms with Crippen LogP contribution in [0.15, 0.2) is 30.3 Å². The third kappa shape index (κ3) is 3.10. The zero-order valence-electron chi connectivity index (χ0n) is 11.2. The molecule has 1 aliphatic heterocycles. The normalized spacial score (nSPS) is 25.8. The molecular weight excluding hydrogens is 206 g/mol. The highest BCUT2D eigenvalue weighted by Gasteiger charge is 2.32. The summed E-state index contributed by atoms with van der Waals surface area (Å²) in [6.07, 6.45) is 6.59. The van der Waals surface area contributed by atoms with Crippen molar-refractivity contribution >= 4 is 0 Å². The van der Waals surface area contributed by atoms with Crippen molar-refractivity contribution in [1.29, 1.82) is 0 Å². The Labute approximate surface area is 106 Å². The van der Waals surface area contributed by atoms with Crippen LogP contribution >= 0.6 is 0 Å². The number of hydrogen-bond donors (Lipinski definition) is 1. The zero-order valence-corrected chi connectivity index (χ0v) is 11.2. The van der Waals surface area contributed by atoms with Crippen LogP contribution in [0.3, 0.4) is 0 Å². The molecule has 0 amide bonds. The monoisotopic (exact) mass is 231 g/mol. The van der Waals surface area contributed by atoms with Crippen LogP contribution in [0.5, 0.6) is 0 Å². The van der Waals surface area contributed by atoms with Gasteiger partial charge in [0, 0.05) is 5.54 Å². The SMILES string of the molecule is CC(C)CC1(c2ccccc2)CCCCCN1. The molecule has 1 aromatic carbocycles. The fourth-order valence-corrected chi connectivity index (χ4v) is 3.14. The van der Waals surface area contributed by atoms with E-state index in [0.29, 0.717) is 0 Å². The van der Waals surface area contributed by atoms with Crippen molar-refractivity contribution in [1.82, 2.24) is 5.32 Å². The van der Waals surface area contributed by atoms with E-state index in [1.165, 1.54) is 44.2 Å². The molecule has 1 atom stereocenters. The summed E-state index contributed by atoms with van der Waals surface area (Å²) in [7, 11) is 0. The maximum atomic E-state index is 3.84. The highest BCUT2D eigenvalue weighted by Crippen LogP contribution is 2.35. The van der Waals surface area contributed by atoms with Crippen molar-refractivity contribution in [2.24, 2.45) is 5.92 Å². The highest BCUT2D eigenvalue weighted by molar-refractivity contribution is 5.25. The smallest absolute Gasteiger partial charge is 0.0437 e. The Morgan fingerprint density at radius 1 is 1.12 bits per heavy atom. The fraction of sp³-hybridized carbons (Fsp3) is 0.625. The molecule has 1 nitrogen and oxygen atoms in total. The summed E-state index contributed by atoms with van der Waals surface area (Å²) in [6, 6.07) is 11.0. The second kappa shape index (κ2) is 5.68. The van der Waals surface area contributed by atoms with Gasteiger partial charge >= 0.3 is 0 Å². The summed E-state index contributed by atoms with van der Waals surface area (Å²) < 4.78 is 0. The van der Waals surface area contributed by atoms with E-state index < -0.39 is 0 Å². The summed E-state index contributed by atoms with van der Waals surface area (Å²) >= 11 is 0. The fourth-order valence-electron chi connectivity index (χ4n) is 3.14. The predicted molar refractivity (Wildman–Crippen MR) is 74.0 cm³/mol. The third-order valence-corrected chi connectivity index (χ3v) is 3.83. The topological polar surface area (TPSA) is 12.0 Å². The molecule has 1 unspecified atom stereocenters. The Bertz CT molecular complexity index is 321. The lowest BCUT2D eigenvalue weighted by Crippen LogP contribution is -2.42. The third-order valence-electron chi connectivity index (χ3n) is 3.83. The second-order valence-electron chi connectivity index (χ2n) is 5.78. The van der Waals surface area contributed by atoms with Crippen LogP contribution < -0.4 is 5.32 Å². The number of rotatable bonds is 3. The quantitative estimate of drug-likeness (QED) is 0.826. The first-order chi connectivity index (χ1) is 8.23. The van der Waals surface area contributed by atoms with Crippen LogP contribution in [0.1, 0.15) is 51.5 Å². The van der Waals surface area contributed by atoms with E-state index in [9.17, 15) is 0 Å². The average Bonchev–Trinajstić information content (AvgIpc) is 2.56. The molecule has 1 fully saturated rings. The van der Waals surface area contributed by atoms with E-state index in [1.54, 1.807) is 0 Å². The zero-order chi connectivity index (χ0) is 12.1. The van der Waals surface area contributed by atoms with Gasteiger partial charge in [0.25, 0.3) is 0 Å². The number of benzene rings is 1. The van der Waals surface area contributed by atoms with Gasteiger partial charge in [-0.2, -0.15) is 0 Å². The summed E-state index contributed by atoms with van der Waals surface area (Å²) in [6.45, 7) is 5.83. The standard InChI is InChI=1S/C16H25N/c1-14(2)13-16(11-7-4-8-12-17-16)15-9-5-3-6-10-15/h3,5-6,9-10,14,17H,4,7-8,11-13H2,1-2H3. The van der Waals surface area contributed by atoms with Gasteiger partial charge in [-0.05, 0) is 37.3 Å². The largest absolute Gasteiger partial charge is 0.307 e. The molecule has 94 valence electrons. The van der Waals surface area contributed by atoms with Gasteiger partial charge in [-0.1, -0.05) is 57.0 Å². The first-order valence-corrected chi connectivity index (χ1v) is 7.03. The minimum Gasteiger partial charge on any atom is -0.307 e. The Balaban J connectivity index is 2.28. The summed E-state index contributed by atoms with van der Waals surface area (Å²) in [4.78, 5) is 0. The predicted octanol–water partition coefficient (Wildman–Crippen LogP) is 4.09. The molecule has 1 N–H and O–H groups in total.